The molecule has 0 amide bonds. The van der Waals surface area contributed by atoms with Crippen LogP contribution < -0.4 is 15.1 Å². The Kier molecular flexibility index (Phi) is 5.31. The first-order chi connectivity index (χ1) is 16.4. The molecule has 0 aliphatic carbocycles. The molecule has 11 heteroatoms. The monoisotopic (exact) mass is 468 g/mol. The molecule has 1 fully saturated rings. The number of para-hydroxylation sites is 1. The molecule has 8 nitrogen and oxygen atoms in total. The molecule has 5 rings (SSSR count). The summed E-state index contributed by atoms with van der Waals surface area (Å²) in [5, 5.41) is 8.84. The van der Waals surface area contributed by atoms with Crippen molar-refractivity contribution in [2.75, 3.05) is 25.1 Å². The SMILES string of the molecule is COc1cn(C2CN(c3ncccc3C(F)(F)F)C2)nc(-c2ccnn2-c2ccccc2)c1=O. The molecule has 3 aromatic heterocycles. The molecule has 1 aliphatic heterocycles. The lowest BCUT2D eigenvalue weighted by molar-refractivity contribution is -0.137. The molecule has 0 saturated carbocycles. The minimum atomic E-state index is -4.50. The van der Waals surface area contributed by atoms with Gasteiger partial charge >= 0.3 is 6.18 Å². The molecule has 174 valence electrons. The second-order valence-corrected chi connectivity index (χ2v) is 7.75. The maximum Gasteiger partial charge on any atom is 0.419 e. The third-order valence-electron chi connectivity index (χ3n) is 5.64. The number of hydrogen-bond acceptors (Lipinski definition) is 6. The Hall–Kier alpha value is -4.15. The zero-order valence-corrected chi connectivity index (χ0v) is 18.0. The van der Waals surface area contributed by atoms with Crippen molar-refractivity contribution in [2.45, 2.75) is 12.2 Å². The largest absolute Gasteiger partial charge is 0.491 e. The van der Waals surface area contributed by atoms with Crippen molar-refractivity contribution in [2.24, 2.45) is 0 Å². The lowest BCUT2D eigenvalue weighted by Crippen LogP contribution is -2.49. The third-order valence-corrected chi connectivity index (χ3v) is 5.64. The van der Waals surface area contributed by atoms with Gasteiger partial charge in [-0.15, -0.1) is 0 Å². The van der Waals surface area contributed by atoms with Gasteiger partial charge in [0.15, 0.2) is 11.4 Å². The number of aromatic nitrogens is 5. The van der Waals surface area contributed by atoms with Crippen LogP contribution in [0.1, 0.15) is 11.6 Å². The summed E-state index contributed by atoms with van der Waals surface area (Å²) >= 11 is 0. The van der Waals surface area contributed by atoms with E-state index in [0.29, 0.717) is 5.69 Å². The fourth-order valence-corrected chi connectivity index (χ4v) is 3.91. The molecule has 4 aromatic rings. The Morgan fingerprint density at radius 1 is 1.03 bits per heavy atom. The zero-order chi connectivity index (χ0) is 23.9. The number of anilines is 1. The number of ether oxygens (including phenoxy) is 1. The number of methoxy groups -OCH3 is 1. The van der Waals surface area contributed by atoms with E-state index in [1.807, 2.05) is 30.3 Å². The van der Waals surface area contributed by atoms with Crippen LogP contribution in [-0.4, -0.2) is 44.7 Å². The van der Waals surface area contributed by atoms with E-state index in [1.54, 1.807) is 21.6 Å². The number of hydrogen-bond donors (Lipinski definition) is 0. The molecule has 1 aliphatic rings. The van der Waals surface area contributed by atoms with E-state index in [1.165, 1.54) is 30.5 Å². The van der Waals surface area contributed by atoms with Crippen LogP contribution in [0.5, 0.6) is 5.75 Å². The summed E-state index contributed by atoms with van der Waals surface area (Å²) in [5.41, 5.74) is 0.169. The molecule has 34 heavy (non-hydrogen) atoms. The average molecular weight is 468 g/mol. The second kappa shape index (κ2) is 8.32. The van der Waals surface area contributed by atoms with Crippen molar-refractivity contribution < 1.29 is 17.9 Å². The Balaban J connectivity index is 1.48. The van der Waals surface area contributed by atoms with Gasteiger partial charge in [0.1, 0.15) is 5.82 Å². The van der Waals surface area contributed by atoms with Gasteiger partial charge in [-0.1, -0.05) is 18.2 Å². The van der Waals surface area contributed by atoms with E-state index in [4.69, 9.17) is 4.74 Å². The number of nitrogens with zero attached hydrogens (tertiary/aromatic N) is 6. The molecular formula is C23H19F3N6O2. The minimum Gasteiger partial charge on any atom is -0.491 e. The van der Waals surface area contributed by atoms with E-state index < -0.39 is 17.2 Å². The first-order valence-electron chi connectivity index (χ1n) is 10.4. The fourth-order valence-electron chi connectivity index (χ4n) is 3.91. The van der Waals surface area contributed by atoms with Crippen LogP contribution in [0.4, 0.5) is 19.0 Å². The number of alkyl halides is 3. The first-order valence-corrected chi connectivity index (χ1v) is 10.4. The Morgan fingerprint density at radius 3 is 2.50 bits per heavy atom. The van der Waals surface area contributed by atoms with Gasteiger partial charge in [0, 0.05) is 19.3 Å². The molecule has 1 aromatic carbocycles. The smallest absolute Gasteiger partial charge is 0.419 e. The molecule has 0 bridgehead atoms. The van der Waals surface area contributed by atoms with Gasteiger partial charge in [0.05, 0.1) is 42.5 Å². The van der Waals surface area contributed by atoms with Crippen LogP contribution in [-0.2, 0) is 6.18 Å². The molecule has 4 heterocycles. The van der Waals surface area contributed by atoms with Crippen LogP contribution in [0.15, 0.2) is 71.9 Å². The second-order valence-electron chi connectivity index (χ2n) is 7.75. The summed E-state index contributed by atoms with van der Waals surface area (Å²) < 4.78 is 48.6. The van der Waals surface area contributed by atoms with E-state index in [9.17, 15) is 18.0 Å². The van der Waals surface area contributed by atoms with Crippen LogP contribution in [0, 0.1) is 0 Å². The van der Waals surface area contributed by atoms with Crippen LogP contribution in [0.3, 0.4) is 0 Å². The normalized spacial score (nSPS) is 14.2. The standard InChI is InChI=1S/C23H19F3N6O2/c1-34-19-14-31(16-12-30(13-16)22-17(23(24,25)26)8-5-10-27-22)29-20(21(19)33)18-9-11-28-32(18)15-6-3-2-4-7-15/h2-11,14,16H,12-13H2,1H3. The van der Waals surface area contributed by atoms with Crippen molar-refractivity contribution in [3.63, 3.8) is 0 Å². The highest BCUT2D eigenvalue weighted by Crippen LogP contribution is 2.38. The van der Waals surface area contributed by atoms with Gasteiger partial charge in [0.2, 0.25) is 0 Å². The number of benzene rings is 1. The highest BCUT2D eigenvalue weighted by Gasteiger charge is 2.39. The van der Waals surface area contributed by atoms with Gasteiger partial charge in [0.25, 0.3) is 5.43 Å². The van der Waals surface area contributed by atoms with Gasteiger partial charge in [-0.2, -0.15) is 23.4 Å². The van der Waals surface area contributed by atoms with Gasteiger partial charge in [-0.25, -0.2) is 9.67 Å². The van der Waals surface area contributed by atoms with Crippen molar-refractivity contribution >= 4 is 5.82 Å². The molecular weight excluding hydrogens is 449 g/mol. The fraction of sp³-hybridized carbons (Fsp3) is 0.217. The Morgan fingerprint density at radius 2 is 1.79 bits per heavy atom. The summed E-state index contributed by atoms with van der Waals surface area (Å²) in [5.74, 6) is -0.0419. The average Bonchev–Trinajstić information content (AvgIpc) is 3.29. The Labute approximate surface area is 191 Å². The third kappa shape index (κ3) is 3.78. The number of pyridine rings is 1. The minimum absolute atomic E-state index is 0.0816. The van der Waals surface area contributed by atoms with E-state index in [0.717, 1.165) is 11.8 Å². The lowest BCUT2D eigenvalue weighted by atomic mass is 10.1. The number of halogens is 3. The first kappa shape index (κ1) is 21.7. The van der Waals surface area contributed by atoms with E-state index >= 15 is 0 Å². The van der Waals surface area contributed by atoms with Crippen molar-refractivity contribution in [1.29, 1.82) is 0 Å². The van der Waals surface area contributed by atoms with Crippen LogP contribution in [0.2, 0.25) is 0 Å². The van der Waals surface area contributed by atoms with Crippen molar-refractivity contribution in [3.8, 4) is 22.8 Å². The quantitative estimate of drug-likeness (QED) is 0.446. The van der Waals surface area contributed by atoms with Crippen molar-refractivity contribution in [1.82, 2.24) is 24.5 Å². The molecule has 0 spiro atoms. The van der Waals surface area contributed by atoms with Gasteiger partial charge in [-0.05, 0) is 30.3 Å². The highest BCUT2D eigenvalue weighted by molar-refractivity contribution is 5.59. The summed E-state index contributed by atoms with van der Waals surface area (Å²) in [6.45, 7) is 0.493. The van der Waals surface area contributed by atoms with E-state index in [-0.39, 0.29) is 36.4 Å². The summed E-state index contributed by atoms with van der Waals surface area (Å²) in [6.07, 6.45) is -0.129. The number of rotatable bonds is 5. The Bertz CT molecular complexity index is 1380. The predicted molar refractivity (Wildman–Crippen MR) is 118 cm³/mol. The molecule has 1 saturated heterocycles. The summed E-state index contributed by atoms with van der Waals surface area (Å²) in [6, 6.07) is 13.0. The summed E-state index contributed by atoms with van der Waals surface area (Å²) in [4.78, 5) is 18.5. The maximum absolute atomic E-state index is 13.4. The lowest BCUT2D eigenvalue weighted by Gasteiger charge is -2.41. The van der Waals surface area contributed by atoms with Gasteiger partial charge < -0.3 is 9.64 Å². The topological polar surface area (TPSA) is 78.1 Å². The van der Waals surface area contributed by atoms with Crippen molar-refractivity contribution in [3.05, 3.63) is 82.9 Å². The molecule has 0 atom stereocenters. The maximum atomic E-state index is 13.4. The predicted octanol–water partition coefficient (Wildman–Crippen LogP) is 3.58. The van der Waals surface area contributed by atoms with Crippen LogP contribution in [0.25, 0.3) is 17.1 Å². The van der Waals surface area contributed by atoms with Crippen LogP contribution >= 0.6 is 0 Å². The van der Waals surface area contributed by atoms with E-state index in [2.05, 4.69) is 15.2 Å². The highest BCUT2D eigenvalue weighted by atomic mass is 19.4. The molecule has 0 radical (unpaired) electrons. The molecule has 0 N–H and O–H groups in total. The molecule has 0 unspecified atom stereocenters. The zero-order valence-electron chi connectivity index (χ0n) is 18.0. The van der Waals surface area contributed by atoms with Gasteiger partial charge in [-0.3, -0.25) is 9.48 Å². The summed E-state index contributed by atoms with van der Waals surface area (Å²) in [7, 11) is 1.38.